The van der Waals surface area contributed by atoms with Gasteiger partial charge in [0.1, 0.15) is 5.03 Å². The van der Waals surface area contributed by atoms with Crippen molar-refractivity contribution in [1.82, 2.24) is 4.98 Å². The van der Waals surface area contributed by atoms with Crippen molar-refractivity contribution in [2.24, 2.45) is 0 Å². The molecule has 0 aliphatic carbocycles. The number of ether oxygens (including phenoxy) is 1. The highest BCUT2D eigenvalue weighted by molar-refractivity contribution is 9.11. The van der Waals surface area contributed by atoms with Crippen molar-refractivity contribution < 1.29 is 4.74 Å². The van der Waals surface area contributed by atoms with Gasteiger partial charge in [0.15, 0.2) is 0 Å². The van der Waals surface area contributed by atoms with E-state index in [9.17, 15) is 0 Å². The highest BCUT2D eigenvalue weighted by Crippen LogP contribution is 2.27. The van der Waals surface area contributed by atoms with Crippen molar-refractivity contribution >= 4 is 43.6 Å². The normalized spacial score (nSPS) is 10.4. The van der Waals surface area contributed by atoms with Crippen LogP contribution in [0.5, 0.6) is 0 Å². The third-order valence-corrected chi connectivity index (χ3v) is 3.57. The zero-order valence-corrected chi connectivity index (χ0v) is 11.1. The molecular weight excluding hydrogens is 318 g/mol. The maximum Gasteiger partial charge on any atom is 0.110 e. The van der Waals surface area contributed by atoms with Crippen molar-refractivity contribution in [1.29, 1.82) is 0 Å². The molecule has 1 aromatic heterocycles. The van der Waals surface area contributed by atoms with Crippen LogP contribution >= 0.6 is 43.6 Å². The summed E-state index contributed by atoms with van der Waals surface area (Å²) in [6, 6.07) is 1.99. The van der Waals surface area contributed by atoms with Crippen LogP contribution in [0.1, 0.15) is 0 Å². The lowest BCUT2D eigenvalue weighted by Crippen LogP contribution is -1.92. The van der Waals surface area contributed by atoms with Gasteiger partial charge in [-0.1, -0.05) is 0 Å². The first-order chi connectivity index (χ1) is 6.24. The van der Waals surface area contributed by atoms with Crippen LogP contribution in [0, 0.1) is 0 Å². The molecule has 0 spiro atoms. The van der Waals surface area contributed by atoms with Gasteiger partial charge in [-0.15, -0.1) is 11.8 Å². The summed E-state index contributed by atoms with van der Waals surface area (Å²) in [5.41, 5.74) is 0. The van der Waals surface area contributed by atoms with E-state index in [1.807, 2.05) is 6.07 Å². The van der Waals surface area contributed by atoms with Gasteiger partial charge in [-0.05, 0) is 37.9 Å². The second-order valence-electron chi connectivity index (χ2n) is 2.28. The summed E-state index contributed by atoms with van der Waals surface area (Å²) < 4.78 is 6.95. The van der Waals surface area contributed by atoms with Crippen molar-refractivity contribution in [2.45, 2.75) is 5.03 Å². The largest absolute Gasteiger partial charge is 0.384 e. The number of methoxy groups -OCH3 is 1. The molecule has 0 amide bonds. The lowest BCUT2D eigenvalue weighted by molar-refractivity contribution is 0.218. The average molecular weight is 327 g/mol. The molecule has 0 bridgehead atoms. The summed E-state index contributed by atoms with van der Waals surface area (Å²) in [4.78, 5) is 4.26. The quantitative estimate of drug-likeness (QED) is 0.626. The van der Waals surface area contributed by atoms with E-state index in [2.05, 4.69) is 36.8 Å². The number of hydrogen-bond donors (Lipinski definition) is 0. The Kier molecular flexibility index (Phi) is 5.31. The van der Waals surface area contributed by atoms with Crippen molar-refractivity contribution in [2.75, 3.05) is 19.5 Å². The third kappa shape index (κ3) is 3.97. The molecule has 1 heterocycles. The summed E-state index contributed by atoms with van der Waals surface area (Å²) in [7, 11) is 1.70. The van der Waals surface area contributed by atoms with Gasteiger partial charge in [0.05, 0.1) is 11.1 Å². The average Bonchev–Trinajstić information content (AvgIpc) is 2.09. The highest BCUT2D eigenvalue weighted by atomic mass is 79.9. The minimum atomic E-state index is 0.745. The number of halogens is 2. The molecule has 0 radical (unpaired) electrons. The number of thioether (sulfide) groups is 1. The van der Waals surface area contributed by atoms with Crippen LogP contribution in [-0.4, -0.2) is 24.5 Å². The van der Waals surface area contributed by atoms with E-state index in [0.29, 0.717) is 0 Å². The highest BCUT2D eigenvalue weighted by Gasteiger charge is 2.02. The molecular formula is C8H9Br2NOS. The van der Waals surface area contributed by atoms with Crippen molar-refractivity contribution in [3.05, 3.63) is 21.2 Å². The van der Waals surface area contributed by atoms with E-state index in [1.165, 1.54) is 0 Å². The fraction of sp³-hybridized carbons (Fsp3) is 0.375. The van der Waals surface area contributed by atoms with E-state index in [0.717, 1.165) is 26.3 Å². The molecule has 13 heavy (non-hydrogen) atoms. The summed E-state index contributed by atoms with van der Waals surface area (Å²) in [6.45, 7) is 0.745. The Hall–Kier alpha value is 0.420. The van der Waals surface area contributed by atoms with Crippen LogP contribution in [-0.2, 0) is 4.74 Å². The Morgan fingerprint density at radius 2 is 2.31 bits per heavy atom. The number of hydrogen-bond acceptors (Lipinski definition) is 3. The molecule has 0 unspecified atom stereocenters. The molecule has 0 aliphatic rings. The molecule has 1 aromatic rings. The molecule has 0 fully saturated rings. The first kappa shape index (κ1) is 11.5. The maximum absolute atomic E-state index is 4.95. The Morgan fingerprint density at radius 1 is 1.54 bits per heavy atom. The van der Waals surface area contributed by atoms with Gasteiger partial charge < -0.3 is 4.74 Å². The molecule has 2 nitrogen and oxygen atoms in total. The minimum Gasteiger partial charge on any atom is -0.384 e. The molecule has 1 rings (SSSR count). The smallest absolute Gasteiger partial charge is 0.110 e. The monoisotopic (exact) mass is 325 g/mol. The molecule has 72 valence electrons. The van der Waals surface area contributed by atoms with Gasteiger partial charge in [-0.25, -0.2) is 4.98 Å². The SMILES string of the molecule is COCCSc1ncc(Br)cc1Br. The number of nitrogens with zero attached hydrogens (tertiary/aromatic N) is 1. The van der Waals surface area contributed by atoms with E-state index < -0.39 is 0 Å². The van der Waals surface area contributed by atoms with E-state index >= 15 is 0 Å². The van der Waals surface area contributed by atoms with Crippen LogP contribution in [0.3, 0.4) is 0 Å². The fourth-order valence-corrected chi connectivity index (χ4v) is 2.83. The molecule has 0 saturated carbocycles. The molecule has 0 N–H and O–H groups in total. The number of aromatic nitrogens is 1. The van der Waals surface area contributed by atoms with Crippen molar-refractivity contribution in [3.8, 4) is 0 Å². The Labute approximate surface area is 98.7 Å². The second-order valence-corrected chi connectivity index (χ2v) is 5.14. The van der Waals surface area contributed by atoms with Crippen LogP contribution < -0.4 is 0 Å². The van der Waals surface area contributed by atoms with E-state index in [4.69, 9.17) is 4.74 Å². The Morgan fingerprint density at radius 3 is 2.92 bits per heavy atom. The van der Waals surface area contributed by atoms with Gasteiger partial charge in [0, 0.05) is 23.5 Å². The molecule has 5 heteroatoms. The third-order valence-electron chi connectivity index (χ3n) is 1.30. The lowest BCUT2D eigenvalue weighted by atomic mass is 10.5. The minimum absolute atomic E-state index is 0.745. The fourth-order valence-electron chi connectivity index (χ4n) is 0.730. The first-order valence-electron chi connectivity index (χ1n) is 3.67. The number of pyridine rings is 1. The van der Waals surface area contributed by atoms with E-state index in [1.54, 1.807) is 25.1 Å². The Bertz CT molecular complexity index is 283. The predicted octanol–water partition coefficient (Wildman–Crippen LogP) is 3.35. The zero-order chi connectivity index (χ0) is 9.68. The van der Waals surface area contributed by atoms with Crippen molar-refractivity contribution in [3.63, 3.8) is 0 Å². The maximum atomic E-state index is 4.95. The second kappa shape index (κ2) is 6.01. The summed E-state index contributed by atoms with van der Waals surface area (Å²) in [6.07, 6.45) is 1.79. The first-order valence-corrected chi connectivity index (χ1v) is 6.24. The predicted molar refractivity (Wildman–Crippen MR) is 62.2 cm³/mol. The standard InChI is InChI=1S/C8H9Br2NOS/c1-12-2-3-13-8-7(10)4-6(9)5-11-8/h4-5H,2-3H2,1H3. The van der Waals surface area contributed by atoms with Gasteiger partial charge in [0.25, 0.3) is 0 Å². The van der Waals surface area contributed by atoms with E-state index in [-0.39, 0.29) is 0 Å². The topological polar surface area (TPSA) is 22.1 Å². The molecule has 0 saturated heterocycles. The summed E-state index contributed by atoms with van der Waals surface area (Å²) in [5, 5.41) is 1.00. The van der Waals surface area contributed by atoms with Gasteiger partial charge in [0.2, 0.25) is 0 Å². The lowest BCUT2D eigenvalue weighted by Gasteiger charge is -2.02. The zero-order valence-electron chi connectivity index (χ0n) is 7.09. The van der Waals surface area contributed by atoms with Crippen LogP contribution in [0.4, 0.5) is 0 Å². The molecule has 0 aromatic carbocycles. The Balaban J connectivity index is 2.56. The van der Waals surface area contributed by atoms with Gasteiger partial charge in [-0.3, -0.25) is 0 Å². The van der Waals surface area contributed by atoms with Gasteiger partial charge >= 0.3 is 0 Å². The summed E-state index contributed by atoms with van der Waals surface area (Å²) in [5.74, 6) is 0.920. The van der Waals surface area contributed by atoms with Gasteiger partial charge in [-0.2, -0.15) is 0 Å². The van der Waals surface area contributed by atoms with Crippen LogP contribution in [0.15, 0.2) is 26.2 Å². The molecule has 0 atom stereocenters. The number of rotatable bonds is 4. The van der Waals surface area contributed by atoms with Crippen LogP contribution in [0.2, 0.25) is 0 Å². The molecule has 0 aliphatic heterocycles. The summed E-state index contributed by atoms with van der Waals surface area (Å²) >= 11 is 8.47. The van der Waals surface area contributed by atoms with Crippen LogP contribution in [0.25, 0.3) is 0 Å².